The number of carbonyl (C=O) groups is 1. The molecular formula is C13H19N3O2. The van der Waals surface area contributed by atoms with Crippen LogP contribution in [0.15, 0.2) is 18.3 Å². The minimum Gasteiger partial charge on any atom is -0.389 e. The molecule has 0 aromatic carbocycles. The number of amides is 1. The highest BCUT2D eigenvalue weighted by molar-refractivity contribution is 5.82. The second kappa shape index (κ2) is 4.57. The molecule has 1 amide bonds. The van der Waals surface area contributed by atoms with E-state index in [2.05, 4.69) is 4.98 Å². The molecule has 3 N–H and O–H groups in total. The lowest BCUT2D eigenvalue weighted by Crippen LogP contribution is -2.37. The highest BCUT2D eigenvalue weighted by Gasteiger charge is 2.39. The van der Waals surface area contributed by atoms with Gasteiger partial charge in [-0.3, -0.25) is 4.79 Å². The van der Waals surface area contributed by atoms with Crippen LogP contribution in [0.3, 0.4) is 0 Å². The molecule has 1 aliphatic heterocycles. The van der Waals surface area contributed by atoms with Crippen molar-refractivity contribution >= 4 is 11.7 Å². The molecule has 5 nitrogen and oxygen atoms in total. The third kappa shape index (κ3) is 2.18. The van der Waals surface area contributed by atoms with Gasteiger partial charge in [-0.15, -0.1) is 0 Å². The molecule has 1 aromatic rings. The number of anilines is 1. The van der Waals surface area contributed by atoms with Gasteiger partial charge in [-0.05, 0) is 26.3 Å². The number of aliphatic hydroxyl groups excluding tert-OH is 1. The van der Waals surface area contributed by atoms with E-state index in [1.807, 2.05) is 17.9 Å². The zero-order valence-corrected chi connectivity index (χ0v) is 10.8. The number of hydrogen-bond acceptors (Lipinski definition) is 4. The number of nitrogens with zero attached hydrogens (tertiary/aromatic N) is 2. The molecule has 1 unspecified atom stereocenters. The molecule has 1 fully saturated rings. The number of aliphatic hydroxyl groups is 1. The fourth-order valence-corrected chi connectivity index (χ4v) is 2.34. The summed E-state index contributed by atoms with van der Waals surface area (Å²) in [5.41, 5.74) is 5.71. The topological polar surface area (TPSA) is 79.5 Å². The number of nitrogens with two attached hydrogens (primary N) is 1. The summed E-state index contributed by atoms with van der Waals surface area (Å²) in [6, 6.07) is 3.65. The molecule has 0 saturated carbocycles. The summed E-state index contributed by atoms with van der Waals surface area (Å²) in [7, 11) is 0. The van der Waals surface area contributed by atoms with Crippen LogP contribution in [-0.2, 0) is 4.79 Å². The average Bonchev–Trinajstić information content (AvgIpc) is 2.73. The minimum atomic E-state index is -0.575. The van der Waals surface area contributed by atoms with Gasteiger partial charge in [-0.2, -0.15) is 0 Å². The van der Waals surface area contributed by atoms with E-state index in [1.165, 1.54) is 0 Å². The standard InChI is InChI=1S/C13H19N3O2/c1-9(17)10-4-3-6-15-11(10)16-7-5-13(2,8-16)12(14)18/h3-4,6,9,17H,5,7-8H2,1-2H3,(H2,14,18)/t9-,13?/m0/s1. The zero-order valence-electron chi connectivity index (χ0n) is 10.8. The highest BCUT2D eigenvalue weighted by Crippen LogP contribution is 2.34. The summed E-state index contributed by atoms with van der Waals surface area (Å²) in [6.07, 6.45) is 1.84. The summed E-state index contributed by atoms with van der Waals surface area (Å²) in [6.45, 7) is 4.87. The van der Waals surface area contributed by atoms with Crippen molar-refractivity contribution in [1.29, 1.82) is 0 Å². The molecule has 0 bridgehead atoms. The van der Waals surface area contributed by atoms with Crippen molar-refractivity contribution in [3.05, 3.63) is 23.9 Å². The Morgan fingerprint density at radius 1 is 1.67 bits per heavy atom. The van der Waals surface area contributed by atoms with Gasteiger partial charge >= 0.3 is 0 Å². The van der Waals surface area contributed by atoms with Crippen LogP contribution in [0, 0.1) is 5.41 Å². The van der Waals surface area contributed by atoms with Crippen LogP contribution in [0.1, 0.15) is 31.9 Å². The minimum absolute atomic E-state index is 0.278. The fraction of sp³-hybridized carbons (Fsp3) is 0.538. The monoisotopic (exact) mass is 249 g/mol. The Morgan fingerprint density at radius 2 is 2.39 bits per heavy atom. The summed E-state index contributed by atoms with van der Waals surface area (Å²) in [5.74, 6) is 0.469. The zero-order chi connectivity index (χ0) is 13.3. The Morgan fingerprint density at radius 3 is 2.94 bits per heavy atom. The molecule has 2 rings (SSSR count). The normalized spacial score (nSPS) is 25.2. The highest BCUT2D eigenvalue weighted by atomic mass is 16.3. The van der Waals surface area contributed by atoms with Gasteiger partial charge in [0.15, 0.2) is 0 Å². The maximum atomic E-state index is 11.4. The van der Waals surface area contributed by atoms with E-state index in [4.69, 9.17) is 5.73 Å². The number of hydrogen-bond donors (Lipinski definition) is 2. The van der Waals surface area contributed by atoms with Crippen molar-refractivity contribution in [2.45, 2.75) is 26.4 Å². The van der Waals surface area contributed by atoms with E-state index in [1.54, 1.807) is 19.2 Å². The first-order valence-corrected chi connectivity index (χ1v) is 6.12. The predicted octanol–water partition coefficient (Wildman–Crippen LogP) is 0.837. The van der Waals surface area contributed by atoms with Crippen LogP contribution in [0.2, 0.25) is 0 Å². The van der Waals surface area contributed by atoms with Crippen molar-refractivity contribution in [2.75, 3.05) is 18.0 Å². The molecule has 1 saturated heterocycles. The molecule has 0 radical (unpaired) electrons. The van der Waals surface area contributed by atoms with Gasteiger partial charge in [-0.25, -0.2) is 4.98 Å². The van der Waals surface area contributed by atoms with Crippen LogP contribution in [0.25, 0.3) is 0 Å². The van der Waals surface area contributed by atoms with E-state index in [9.17, 15) is 9.90 Å². The van der Waals surface area contributed by atoms with Gasteiger partial charge in [0.25, 0.3) is 0 Å². The quantitative estimate of drug-likeness (QED) is 0.831. The van der Waals surface area contributed by atoms with Crippen molar-refractivity contribution in [3.63, 3.8) is 0 Å². The van der Waals surface area contributed by atoms with E-state index < -0.39 is 11.5 Å². The summed E-state index contributed by atoms with van der Waals surface area (Å²) in [4.78, 5) is 17.8. The SMILES string of the molecule is C[C@H](O)c1cccnc1N1CCC(C)(C(N)=O)C1. The van der Waals surface area contributed by atoms with Crippen molar-refractivity contribution in [1.82, 2.24) is 4.98 Å². The van der Waals surface area contributed by atoms with Gasteiger partial charge in [0.05, 0.1) is 11.5 Å². The molecule has 0 aliphatic carbocycles. The van der Waals surface area contributed by atoms with Crippen LogP contribution in [0.4, 0.5) is 5.82 Å². The van der Waals surface area contributed by atoms with Crippen molar-refractivity contribution in [3.8, 4) is 0 Å². The molecule has 2 atom stereocenters. The first kappa shape index (κ1) is 12.8. The van der Waals surface area contributed by atoms with E-state index in [0.717, 1.165) is 24.3 Å². The van der Waals surface area contributed by atoms with Crippen LogP contribution < -0.4 is 10.6 Å². The third-order valence-electron chi connectivity index (χ3n) is 3.63. The molecule has 1 aliphatic rings. The lowest BCUT2D eigenvalue weighted by atomic mass is 9.89. The Balaban J connectivity index is 2.27. The van der Waals surface area contributed by atoms with Gasteiger partial charge in [0.1, 0.15) is 5.82 Å². The number of pyridine rings is 1. The maximum absolute atomic E-state index is 11.4. The average molecular weight is 249 g/mol. The summed E-state index contributed by atoms with van der Waals surface area (Å²) in [5, 5.41) is 9.75. The molecule has 18 heavy (non-hydrogen) atoms. The summed E-state index contributed by atoms with van der Waals surface area (Å²) >= 11 is 0. The molecule has 5 heteroatoms. The fourth-order valence-electron chi connectivity index (χ4n) is 2.34. The Kier molecular flexibility index (Phi) is 3.26. The van der Waals surface area contributed by atoms with Gasteiger partial charge in [-0.1, -0.05) is 6.07 Å². The van der Waals surface area contributed by atoms with Crippen molar-refractivity contribution < 1.29 is 9.90 Å². The largest absolute Gasteiger partial charge is 0.389 e. The number of primary amides is 1. The first-order valence-electron chi connectivity index (χ1n) is 6.12. The van der Waals surface area contributed by atoms with Gasteiger partial charge in [0.2, 0.25) is 5.91 Å². The van der Waals surface area contributed by atoms with Gasteiger partial charge < -0.3 is 15.7 Å². The maximum Gasteiger partial charge on any atom is 0.225 e. The van der Waals surface area contributed by atoms with E-state index in [-0.39, 0.29) is 5.91 Å². The van der Waals surface area contributed by atoms with E-state index in [0.29, 0.717) is 6.54 Å². The van der Waals surface area contributed by atoms with Crippen LogP contribution in [0.5, 0.6) is 0 Å². The number of rotatable bonds is 3. The molecule has 1 aromatic heterocycles. The first-order chi connectivity index (χ1) is 8.44. The molecule has 0 spiro atoms. The lowest BCUT2D eigenvalue weighted by Gasteiger charge is -2.24. The molecule has 98 valence electrons. The summed E-state index contributed by atoms with van der Waals surface area (Å²) < 4.78 is 0. The second-order valence-corrected chi connectivity index (χ2v) is 5.19. The smallest absolute Gasteiger partial charge is 0.225 e. The Hall–Kier alpha value is -1.62. The lowest BCUT2D eigenvalue weighted by molar-refractivity contribution is -0.125. The Labute approximate surface area is 107 Å². The number of carbonyl (C=O) groups excluding carboxylic acids is 1. The van der Waals surface area contributed by atoms with Gasteiger partial charge in [0, 0.05) is 24.8 Å². The third-order valence-corrected chi connectivity index (χ3v) is 3.63. The molecule has 2 heterocycles. The number of aromatic nitrogens is 1. The molecular weight excluding hydrogens is 230 g/mol. The van der Waals surface area contributed by atoms with E-state index >= 15 is 0 Å². The van der Waals surface area contributed by atoms with Crippen LogP contribution >= 0.6 is 0 Å². The Bertz CT molecular complexity index is 461. The van der Waals surface area contributed by atoms with Crippen LogP contribution in [-0.4, -0.2) is 29.1 Å². The predicted molar refractivity (Wildman–Crippen MR) is 69.0 cm³/mol. The second-order valence-electron chi connectivity index (χ2n) is 5.19. The van der Waals surface area contributed by atoms with Crippen molar-refractivity contribution in [2.24, 2.45) is 11.1 Å².